The summed E-state index contributed by atoms with van der Waals surface area (Å²) in [5.74, 6) is 0.874. The van der Waals surface area contributed by atoms with Gasteiger partial charge >= 0.3 is 0 Å². The number of unbranched alkanes of at least 4 members (excludes halogenated alkanes) is 1. The molecule has 0 aliphatic carbocycles. The Morgan fingerprint density at radius 1 is 1.14 bits per heavy atom. The molecule has 2 rings (SSSR count). The Bertz CT molecular complexity index is 357. The quantitative estimate of drug-likeness (QED) is 0.697. The third-order valence-corrected chi connectivity index (χ3v) is 4.49. The summed E-state index contributed by atoms with van der Waals surface area (Å²) in [5, 5.41) is 3.54. The van der Waals surface area contributed by atoms with E-state index in [0.29, 0.717) is 0 Å². The molecule has 1 fully saturated rings. The van der Waals surface area contributed by atoms with Gasteiger partial charge in [-0.2, -0.15) is 0 Å². The van der Waals surface area contributed by atoms with Crippen molar-refractivity contribution in [3.63, 3.8) is 0 Å². The first-order valence-electron chi connectivity index (χ1n) is 8.85. The van der Waals surface area contributed by atoms with E-state index in [2.05, 4.69) is 47.5 Å². The second-order valence-corrected chi connectivity index (χ2v) is 6.46. The molecule has 1 aromatic rings. The number of hydrogen-bond donors (Lipinski definition) is 1. The minimum absolute atomic E-state index is 0.874. The van der Waals surface area contributed by atoms with Gasteiger partial charge in [-0.05, 0) is 76.2 Å². The smallest absolute Gasteiger partial charge is 0.00218 e. The third kappa shape index (κ3) is 6.62. The van der Waals surface area contributed by atoms with E-state index in [9.17, 15) is 0 Å². The molecule has 1 aliphatic heterocycles. The Balaban J connectivity index is 1.64. The van der Waals surface area contributed by atoms with Crippen molar-refractivity contribution >= 4 is 0 Å². The Labute approximate surface area is 130 Å². The molecule has 0 radical (unpaired) electrons. The maximum absolute atomic E-state index is 3.54. The van der Waals surface area contributed by atoms with Gasteiger partial charge in [0.2, 0.25) is 0 Å². The van der Waals surface area contributed by atoms with Crippen LogP contribution in [0.2, 0.25) is 0 Å². The van der Waals surface area contributed by atoms with Crippen LogP contribution in [0.5, 0.6) is 0 Å². The molecule has 1 atom stereocenters. The average Bonchev–Trinajstić information content (AvgIpc) is 2.54. The van der Waals surface area contributed by atoms with E-state index in [1.165, 1.54) is 76.8 Å². The van der Waals surface area contributed by atoms with Crippen LogP contribution < -0.4 is 5.32 Å². The summed E-state index contributed by atoms with van der Waals surface area (Å²) in [6.07, 6.45) is 7.92. The Hall–Kier alpha value is -0.860. The van der Waals surface area contributed by atoms with Crippen molar-refractivity contribution in [3.05, 3.63) is 35.9 Å². The van der Waals surface area contributed by atoms with Crippen LogP contribution >= 0.6 is 0 Å². The topological polar surface area (TPSA) is 15.3 Å². The minimum Gasteiger partial charge on any atom is -0.316 e. The molecular formula is C19H32N2. The van der Waals surface area contributed by atoms with Gasteiger partial charge in [-0.25, -0.2) is 0 Å². The van der Waals surface area contributed by atoms with Crippen LogP contribution in [0.3, 0.4) is 0 Å². The number of piperidine rings is 1. The predicted molar refractivity (Wildman–Crippen MR) is 91.7 cm³/mol. The van der Waals surface area contributed by atoms with E-state index in [0.717, 1.165) is 5.92 Å². The maximum atomic E-state index is 3.54. The summed E-state index contributed by atoms with van der Waals surface area (Å²) >= 11 is 0. The number of benzene rings is 1. The van der Waals surface area contributed by atoms with Gasteiger partial charge in [0.15, 0.2) is 0 Å². The van der Waals surface area contributed by atoms with Crippen LogP contribution in [0.25, 0.3) is 0 Å². The van der Waals surface area contributed by atoms with Gasteiger partial charge in [0.05, 0.1) is 0 Å². The molecule has 0 saturated carbocycles. The van der Waals surface area contributed by atoms with Crippen molar-refractivity contribution in [3.8, 4) is 0 Å². The largest absolute Gasteiger partial charge is 0.316 e. The molecule has 118 valence electrons. The number of hydrogen-bond acceptors (Lipinski definition) is 2. The fourth-order valence-corrected chi connectivity index (χ4v) is 3.36. The molecule has 1 aliphatic rings. The van der Waals surface area contributed by atoms with E-state index in [4.69, 9.17) is 0 Å². The lowest BCUT2D eigenvalue weighted by Crippen LogP contribution is -2.39. The van der Waals surface area contributed by atoms with Crippen molar-refractivity contribution in [2.75, 3.05) is 32.7 Å². The van der Waals surface area contributed by atoms with Crippen LogP contribution in [0.1, 0.15) is 44.6 Å². The number of aryl methyl sites for hydroxylation is 1. The Morgan fingerprint density at radius 3 is 2.71 bits per heavy atom. The molecule has 1 N–H and O–H groups in total. The van der Waals surface area contributed by atoms with Crippen molar-refractivity contribution in [2.45, 2.75) is 45.4 Å². The molecule has 1 aromatic carbocycles. The monoisotopic (exact) mass is 288 g/mol. The van der Waals surface area contributed by atoms with E-state index in [-0.39, 0.29) is 0 Å². The van der Waals surface area contributed by atoms with Crippen LogP contribution in [0.15, 0.2) is 30.3 Å². The molecular weight excluding hydrogens is 256 g/mol. The fraction of sp³-hybridized carbons (Fsp3) is 0.684. The SMILES string of the molecule is CCCN(CCCCc1ccccc1)CC1CCCNC1. The van der Waals surface area contributed by atoms with Crippen LogP contribution in [-0.4, -0.2) is 37.6 Å². The van der Waals surface area contributed by atoms with Crippen LogP contribution in [-0.2, 0) is 6.42 Å². The summed E-state index contributed by atoms with van der Waals surface area (Å²) in [4.78, 5) is 2.70. The molecule has 1 saturated heterocycles. The van der Waals surface area contributed by atoms with E-state index in [1.807, 2.05) is 0 Å². The van der Waals surface area contributed by atoms with Crippen LogP contribution in [0.4, 0.5) is 0 Å². The summed E-state index contributed by atoms with van der Waals surface area (Å²) < 4.78 is 0. The van der Waals surface area contributed by atoms with Crippen molar-refractivity contribution in [2.24, 2.45) is 5.92 Å². The molecule has 0 bridgehead atoms. The maximum Gasteiger partial charge on any atom is 0.00218 e. The summed E-state index contributed by atoms with van der Waals surface area (Å²) in [6.45, 7) is 8.59. The number of rotatable bonds is 9. The third-order valence-electron chi connectivity index (χ3n) is 4.49. The summed E-state index contributed by atoms with van der Waals surface area (Å²) in [7, 11) is 0. The van der Waals surface area contributed by atoms with E-state index >= 15 is 0 Å². The molecule has 2 heteroatoms. The molecule has 0 amide bonds. The second kappa shape index (κ2) is 9.97. The van der Waals surface area contributed by atoms with Crippen molar-refractivity contribution in [1.82, 2.24) is 10.2 Å². The first-order valence-corrected chi connectivity index (χ1v) is 8.85. The highest BCUT2D eigenvalue weighted by Gasteiger charge is 2.16. The lowest BCUT2D eigenvalue weighted by Gasteiger charge is -2.30. The van der Waals surface area contributed by atoms with Gasteiger partial charge in [-0.1, -0.05) is 37.3 Å². The lowest BCUT2D eigenvalue weighted by molar-refractivity contribution is 0.205. The highest BCUT2D eigenvalue weighted by Crippen LogP contribution is 2.13. The zero-order valence-electron chi connectivity index (χ0n) is 13.7. The first-order chi connectivity index (χ1) is 10.4. The van der Waals surface area contributed by atoms with Gasteiger partial charge in [0, 0.05) is 6.54 Å². The van der Waals surface area contributed by atoms with Gasteiger partial charge in [0.1, 0.15) is 0 Å². The average molecular weight is 288 g/mol. The van der Waals surface area contributed by atoms with E-state index in [1.54, 1.807) is 0 Å². The Kier molecular flexibility index (Phi) is 7.83. The molecule has 1 unspecified atom stereocenters. The first kappa shape index (κ1) is 16.5. The second-order valence-electron chi connectivity index (χ2n) is 6.46. The predicted octanol–water partition coefficient (Wildman–Crippen LogP) is 3.72. The summed E-state index contributed by atoms with van der Waals surface area (Å²) in [6, 6.07) is 10.9. The van der Waals surface area contributed by atoms with Crippen molar-refractivity contribution < 1.29 is 0 Å². The van der Waals surface area contributed by atoms with Gasteiger partial charge < -0.3 is 10.2 Å². The fourth-order valence-electron chi connectivity index (χ4n) is 3.36. The van der Waals surface area contributed by atoms with E-state index < -0.39 is 0 Å². The normalized spacial score (nSPS) is 19.0. The highest BCUT2D eigenvalue weighted by molar-refractivity contribution is 5.14. The van der Waals surface area contributed by atoms with Gasteiger partial charge in [0.25, 0.3) is 0 Å². The zero-order chi connectivity index (χ0) is 14.8. The van der Waals surface area contributed by atoms with Crippen LogP contribution in [0, 0.1) is 5.92 Å². The Morgan fingerprint density at radius 2 is 2.00 bits per heavy atom. The molecule has 0 aromatic heterocycles. The number of nitrogens with one attached hydrogen (secondary N) is 1. The lowest BCUT2D eigenvalue weighted by atomic mass is 9.99. The highest BCUT2D eigenvalue weighted by atomic mass is 15.1. The molecule has 2 nitrogen and oxygen atoms in total. The molecule has 1 heterocycles. The van der Waals surface area contributed by atoms with Crippen molar-refractivity contribution in [1.29, 1.82) is 0 Å². The van der Waals surface area contributed by atoms with Gasteiger partial charge in [-0.3, -0.25) is 0 Å². The van der Waals surface area contributed by atoms with Gasteiger partial charge in [-0.15, -0.1) is 0 Å². The zero-order valence-corrected chi connectivity index (χ0v) is 13.7. The summed E-state index contributed by atoms with van der Waals surface area (Å²) in [5.41, 5.74) is 1.48. The number of nitrogens with zero attached hydrogens (tertiary/aromatic N) is 1. The molecule has 21 heavy (non-hydrogen) atoms. The molecule has 0 spiro atoms. The minimum atomic E-state index is 0.874. The standard InChI is InChI=1S/C19H32N2/c1-2-14-21(17-19-12-8-13-20-16-19)15-7-6-11-18-9-4-3-5-10-18/h3-5,9-10,19-20H,2,6-8,11-17H2,1H3.